The first kappa shape index (κ1) is 14.8. The number of para-hydroxylation sites is 1. The molecule has 2 atom stereocenters. The second-order valence-corrected chi connectivity index (χ2v) is 6.33. The Labute approximate surface area is 125 Å². The summed E-state index contributed by atoms with van der Waals surface area (Å²) in [5.74, 6) is 0. The first-order valence-electron chi connectivity index (χ1n) is 6.99. The zero-order chi connectivity index (χ0) is 13.8. The molecule has 1 fully saturated rings. The van der Waals surface area contributed by atoms with E-state index in [1.165, 1.54) is 16.6 Å². The summed E-state index contributed by atoms with van der Waals surface area (Å²) >= 11 is 3.70. The topological polar surface area (TPSA) is 18.5 Å². The largest absolute Gasteiger partial charge is 0.362 e. The van der Waals surface area contributed by atoms with Crippen molar-refractivity contribution in [2.45, 2.75) is 25.4 Å². The molecular weight excluding hydrogens is 302 g/mol. The summed E-state index contributed by atoms with van der Waals surface area (Å²) in [5.41, 5.74) is 1.32. The van der Waals surface area contributed by atoms with E-state index in [1.807, 2.05) is 7.05 Å². The Balaban J connectivity index is 2.24. The third-order valence-electron chi connectivity index (χ3n) is 3.82. The number of nitrogens with one attached hydrogen (secondary N) is 1. The van der Waals surface area contributed by atoms with Crippen LogP contribution in [0.15, 0.2) is 28.7 Å². The van der Waals surface area contributed by atoms with Gasteiger partial charge in [0, 0.05) is 29.6 Å². The van der Waals surface area contributed by atoms with Gasteiger partial charge in [-0.05, 0) is 62.0 Å². The molecule has 0 amide bonds. The van der Waals surface area contributed by atoms with Crippen molar-refractivity contribution in [2.24, 2.45) is 0 Å². The van der Waals surface area contributed by atoms with Crippen LogP contribution in [0, 0.1) is 0 Å². The van der Waals surface area contributed by atoms with E-state index >= 15 is 0 Å². The van der Waals surface area contributed by atoms with Crippen LogP contribution in [0.4, 0.5) is 5.69 Å². The number of rotatable bonds is 4. The minimum absolute atomic E-state index is 0.541. The van der Waals surface area contributed by atoms with Crippen LogP contribution in [-0.4, -0.2) is 50.7 Å². The molecule has 2 unspecified atom stereocenters. The lowest BCUT2D eigenvalue weighted by Gasteiger charge is -2.46. The van der Waals surface area contributed by atoms with Gasteiger partial charge < -0.3 is 15.1 Å². The highest BCUT2D eigenvalue weighted by molar-refractivity contribution is 9.10. The van der Waals surface area contributed by atoms with Crippen LogP contribution in [0.25, 0.3) is 0 Å². The fraction of sp³-hybridized carbons (Fsp3) is 0.600. The van der Waals surface area contributed by atoms with E-state index in [0.29, 0.717) is 12.1 Å². The van der Waals surface area contributed by atoms with Crippen molar-refractivity contribution in [3.63, 3.8) is 0 Å². The maximum Gasteiger partial charge on any atom is 0.0516 e. The van der Waals surface area contributed by atoms with Crippen molar-refractivity contribution in [1.29, 1.82) is 0 Å². The Hall–Kier alpha value is -0.580. The van der Waals surface area contributed by atoms with Gasteiger partial charge in [0.05, 0.1) is 5.69 Å². The monoisotopic (exact) mass is 325 g/mol. The van der Waals surface area contributed by atoms with Gasteiger partial charge >= 0.3 is 0 Å². The number of nitrogens with zero attached hydrogens (tertiary/aromatic N) is 2. The number of anilines is 1. The fourth-order valence-electron chi connectivity index (χ4n) is 3.06. The van der Waals surface area contributed by atoms with Gasteiger partial charge in [-0.1, -0.05) is 12.1 Å². The highest BCUT2D eigenvalue weighted by Crippen LogP contribution is 2.32. The maximum absolute atomic E-state index is 3.70. The van der Waals surface area contributed by atoms with Crippen molar-refractivity contribution in [1.82, 2.24) is 10.2 Å². The van der Waals surface area contributed by atoms with Crippen LogP contribution < -0.4 is 10.2 Å². The number of hydrogen-bond donors (Lipinski definition) is 1. The van der Waals surface area contributed by atoms with Gasteiger partial charge in [-0.3, -0.25) is 0 Å². The Kier molecular flexibility index (Phi) is 5.25. The SMILES string of the molecule is CNCCC1CN(C)CC(C)N1c1ccccc1Br. The van der Waals surface area contributed by atoms with Crippen LogP contribution >= 0.6 is 15.9 Å². The molecule has 0 bridgehead atoms. The van der Waals surface area contributed by atoms with E-state index in [-0.39, 0.29) is 0 Å². The smallest absolute Gasteiger partial charge is 0.0516 e. The first-order chi connectivity index (χ1) is 9.13. The first-order valence-corrected chi connectivity index (χ1v) is 7.78. The maximum atomic E-state index is 3.70. The molecule has 4 heteroatoms. The van der Waals surface area contributed by atoms with Crippen LogP contribution in [0.2, 0.25) is 0 Å². The van der Waals surface area contributed by atoms with Crippen LogP contribution in [0.5, 0.6) is 0 Å². The Morgan fingerprint density at radius 2 is 2.05 bits per heavy atom. The van der Waals surface area contributed by atoms with Crippen LogP contribution in [0.3, 0.4) is 0 Å². The van der Waals surface area contributed by atoms with E-state index < -0.39 is 0 Å². The van der Waals surface area contributed by atoms with Crippen LogP contribution in [-0.2, 0) is 0 Å². The molecule has 1 aromatic carbocycles. The molecule has 2 rings (SSSR count). The molecule has 19 heavy (non-hydrogen) atoms. The van der Waals surface area contributed by atoms with Crippen molar-refractivity contribution < 1.29 is 0 Å². The van der Waals surface area contributed by atoms with Gasteiger partial charge in [-0.15, -0.1) is 0 Å². The molecule has 0 radical (unpaired) electrons. The Morgan fingerprint density at radius 1 is 1.32 bits per heavy atom. The summed E-state index contributed by atoms with van der Waals surface area (Å²) in [6.07, 6.45) is 1.17. The minimum Gasteiger partial charge on any atom is -0.362 e. The van der Waals surface area contributed by atoms with Gasteiger partial charge in [0.25, 0.3) is 0 Å². The molecule has 1 saturated heterocycles. The van der Waals surface area contributed by atoms with E-state index in [0.717, 1.165) is 19.6 Å². The fourth-order valence-corrected chi connectivity index (χ4v) is 3.55. The lowest BCUT2D eigenvalue weighted by molar-refractivity contribution is 0.226. The molecule has 1 aliphatic rings. The quantitative estimate of drug-likeness (QED) is 0.917. The molecule has 3 nitrogen and oxygen atoms in total. The number of halogens is 1. The molecule has 0 aromatic heterocycles. The van der Waals surface area contributed by atoms with Gasteiger partial charge in [0.1, 0.15) is 0 Å². The normalized spacial score (nSPS) is 24.7. The molecule has 1 aromatic rings. The highest BCUT2D eigenvalue weighted by atomic mass is 79.9. The minimum atomic E-state index is 0.541. The summed E-state index contributed by atoms with van der Waals surface area (Å²) < 4.78 is 1.20. The van der Waals surface area contributed by atoms with E-state index in [9.17, 15) is 0 Å². The Bertz CT molecular complexity index is 410. The molecule has 0 spiro atoms. The van der Waals surface area contributed by atoms with E-state index in [4.69, 9.17) is 0 Å². The lowest BCUT2D eigenvalue weighted by Crippen LogP contribution is -2.57. The molecular formula is C15H24BrN3. The Morgan fingerprint density at radius 3 is 2.74 bits per heavy atom. The average molecular weight is 326 g/mol. The van der Waals surface area contributed by atoms with Crippen LogP contribution in [0.1, 0.15) is 13.3 Å². The van der Waals surface area contributed by atoms with Crippen molar-refractivity contribution in [2.75, 3.05) is 38.6 Å². The van der Waals surface area contributed by atoms with Gasteiger partial charge in [0.2, 0.25) is 0 Å². The summed E-state index contributed by atoms with van der Waals surface area (Å²) in [6, 6.07) is 9.67. The average Bonchev–Trinajstić information content (AvgIpc) is 2.37. The molecule has 1 N–H and O–H groups in total. The molecule has 1 aliphatic heterocycles. The summed E-state index contributed by atoms with van der Waals surface area (Å²) in [6.45, 7) is 5.64. The number of hydrogen-bond acceptors (Lipinski definition) is 3. The summed E-state index contributed by atoms with van der Waals surface area (Å²) in [7, 11) is 4.25. The standard InChI is InChI=1S/C15H24BrN3/c1-12-10-18(3)11-13(8-9-17-2)19(12)15-7-5-4-6-14(15)16/h4-7,12-13,17H,8-11H2,1-3H3. The summed E-state index contributed by atoms with van der Waals surface area (Å²) in [4.78, 5) is 5.03. The number of benzene rings is 1. The number of likely N-dealkylation sites (N-methyl/N-ethyl adjacent to an activating group) is 1. The predicted molar refractivity (Wildman–Crippen MR) is 85.9 cm³/mol. The second kappa shape index (κ2) is 6.73. The highest BCUT2D eigenvalue weighted by Gasteiger charge is 2.31. The predicted octanol–water partition coefficient (Wildman–Crippen LogP) is 2.57. The van der Waals surface area contributed by atoms with Gasteiger partial charge in [-0.2, -0.15) is 0 Å². The van der Waals surface area contributed by atoms with E-state index in [1.54, 1.807) is 0 Å². The molecule has 1 heterocycles. The van der Waals surface area contributed by atoms with Gasteiger partial charge in [-0.25, -0.2) is 0 Å². The zero-order valence-electron chi connectivity index (χ0n) is 12.1. The summed E-state index contributed by atoms with van der Waals surface area (Å²) in [5, 5.41) is 3.27. The van der Waals surface area contributed by atoms with Gasteiger partial charge in [0.15, 0.2) is 0 Å². The van der Waals surface area contributed by atoms with Crippen molar-refractivity contribution in [3.05, 3.63) is 28.7 Å². The van der Waals surface area contributed by atoms with Crippen molar-refractivity contribution in [3.8, 4) is 0 Å². The third-order valence-corrected chi connectivity index (χ3v) is 4.50. The number of piperazine rings is 1. The third kappa shape index (κ3) is 3.50. The molecule has 106 valence electrons. The second-order valence-electron chi connectivity index (χ2n) is 5.47. The zero-order valence-corrected chi connectivity index (χ0v) is 13.7. The van der Waals surface area contributed by atoms with E-state index in [2.05, 4.69) is 69.3 Å². The lowest BCUT2D eigenvalue weighted by atomic mass is 10.0. The van der Waals surface area contributed by atoms with Crippen molar-refractivity contribution >= 4 is 21.6 Å². The molecule has 0 saturated carbocycles. The molecule has 0 aliphatic carbocycles.